The maximum atomic E-state index is 15.4. The number of likely N-dealkylation sites (N-methyl/N-ethyl adjacent to an activating group) is 7. The molecule has 25 nitrogen and oxygen atoms in total. The van der Waals surface area contributed by atoms with E-state index < -0.39 is 161 Å². The molecule has 6 N–H and O–H groups in total. The number of rotatable bonds is 18. The summed E-state index contributed by atoms with van der Waals surface area (Å²) in [7, 11) is 9.79. The molecule has 0 aromatic heterocycles. The fourth-order valence-corrected chi connectivity index (χ4v) is 12.0. The summed E-state index contributed by atoms with van der Waals surface area (Å²) in [6.07, 6.45) is 2.38. The molecule has 1 aliphatic rings. The van der Waals surface area contributed by atoms with Crippen molar-refractivity contribution in [1.82, 2.24) is 55.6 Å². The van der Waals surface area contributed by atoms with Gasteiger partial charge in [0.15, 0.2) is 0 Å². The Hall–Kier alpha value is -7.44. The predicted octanol–water partition coefficient (Wildman–Crippen LogP) is 4.58. The number of allylic oxidation sites excluding steroid dienone is 2. The highest BCUT2D eigenvalue weighted by molar-refractivity contribution is 6.00. The molecule has 1 fully saturated rings. The fourth-order valence-electron chi connectivity index (χ4n) is 12.0. The van der Waals surface area contributed by atoms with Crippen LogP contribution in [0.1, 0.15) is 172 Å². The summed E-state index contributed by atoms with van der Waals surface area (Å²) in [5, 5.41) is 33.1. The lowest BCUT2D eigenvalue weighted by molar-refractivity contribution is -0.157. The first-order chi connectivity index (χ1) is 44.0. The first-order valence-corrected chi connectivity index (χ1v) is 33.7. The van der Waals surface area contributed by atoms with E-state index in [1.54, 1.807) is 60.6 Å². The first-order valence-electron chi connectivity index (χ1n) is 33.7. The van der Waals surface area contributed by atoms with Crippen molar-refractivity contribution in [2.75, 3.05) is 49.3 Å². The highest BCUT2D eigenvalue weighted by Crippen LogP contribution is 2.27. The SMILES string of the molecule is C/C=C/C[C@@H](C)[C@@H](O)[C@H]1C(=O)N[C@@H](CC)C(=O)N(C)[C@H](Cc2ccc(C(=O)O)cc2)C(=O)N(C)[C@@H](CC(C)C)C(=O)N[C@@H](C(C)C)C(=O)N(C)[C@@H](CC(C)C)C(=O)N[C@@H](C)C(=O)N[C@H](C)C(=O)N(C)[C@@H](CC(C)C)C(=O)N(C)[C@@H](CC(C)C)C(=O)N(C)[C@@H](C(C)C)C(=O)N1C. The van der Waals surface area contributed by atoms with Crippen LogP contribution in [0.25, 0.3) is 0 Å². The van der Waals surface area contributed by atoms with Crippen LogP contribution in [0.3, 0.4) is 0 Å². The lowest BCUT2D eigenvalue weighted by atomic mass is 9.91. The molecular weight excluding hydrogens is 1220 g/mol. The molecule has 1 aromatic carbocycles. The maximum Gasteiger partial charge on any atom is 0.335 e. The Labute approximate surface area is 565 Å². The molecule has 0 unspecified atom stereocenters. The molecule has 13 atom stereocenters. The first kappa shape index (κ1) is 83.6. The van der Waals surface area contributed by atoms with Crippen LogP contribution in [0, 0.1) is 41.4 Å². The number of carbonyl (C=O) groups is 12. The average Bonchev–Trinajstić information content (AvgIpc) is 0.810. The summed E-state index contributed by atoms with van der Waals surface area (Å²) >= 11 is 0. The molecule has 1 aliphatic heterocycles. The van der Waals surface area contributed by atoms with Crippen LogP contribution in [-0.4, -0.2) is 237 Å². The van der Waals surface area contributed by atoms with E-state index >= 15 is 28.8 Å². The Morgan fingerprint density at radius 3 is 1.31 bits per heavy atom. The number of carboxylic acids is 1. The Morgan fingerprint density at radius 2 is 0.863 bits per heavy atom. The van der Waals surface area contributed by atoms with Crippen molar-refractivity contribution in [2.24, 2.45) is 41.4 Å². The van der Waals surface area contributed by atoms with Crippen molar-refractivity contribution >= 4 is 70.9 Å². The molecule has 0 saturated carbocycles. The van der Waals surface area contributed by atoms with Crippen LogP contribution in [0.15, 0.2) is 36.4 Å². The Morgan fingerprint density at radius 1 is 0.463 bits per heavy atom. The van der Waals surface area contributed by atoms with Crippen LogP contribution in [0.5, 0.6) is 0 Å². The van der Waals surface area contributed by atoms with Gasteiger partial charge in [0.25, 0.3) is 0 Å². The molecule has 1 aromatic rings. The predicted molar refractivity (Wildman–Crippen MR) is 364 cm³/mol. The number of carboxylic acid groups (broad SMARTS) is 1. The van der Waals surface area contributed by atoms with Crippen LogP contribution < -0.4 is 21.3 Å². The van der Waals surface area contributed by atoms with Gasteiger partial charge in [-0.3, -0.25) is 52.7 Å². The summed E-state index contributed by atoms with van der Waals surface area (Å²) in [4.78, 5) is 185. The third kappa shape index (κ3) is 22.9. The van der Waals surface area contributed by atoms with Gasteiger partial charge in [0.05, 0.1) is 11.7 Å². The molecule has 2 rings (SSSR count). The fraction of sp³-hybridized carbons (Fsp3) is 0.714. The van der Waals surface area contributed by atoms with Crippen LogP contribution in [-0.2, 0) is 59.2 Å². The number of aliphatic hydroxyl groups is 1. The second kappa shape index (κ2) is 37.7. The van der Waals surface area contributed by atoms with Crippen LogP contribution in [0.4, 0.5) is 0 Å². The normalized spacial score (nSPS) is 26.0. The van der Waals surface area contributed by atoms with Gasteiger partial charge in [-0.1, -0.05) is 121 Å². The minimum atomic E-state index is -1.69. The summed E-state index contributed by atoms with van der Waals surface area (Å²) in [5.41, 5.74) is 0.378. The van der Waals surface area contributed by atoms with Gasteiger partial charge in [0.2, 0.25) is 65.0 Å². The van der Waals surface area contributed by atoms with Crippen molar-refractivity contribution in [3.8, 4) is 0 Å². The van der Waals surface area contributed by atoms with E-state index in [1.165, 1.54) is 112 Å². The van der Waals surface area contributed by atoms with Crippen LogP contribution in [0.2, 0.25) is 0 Å². The van der Waals surface area contributed by atoms with Gasteiger partial charge >= 0.3 is 5.97 Å². The molecule has 95 heavy (non-hydrogen) atoms. The maximum absolute atomic E-state index is 15.4. The number of nitrogens with one attached hydrogen (secondary N) is 4. The molecule has 1 saturated heterocycles. The van der Waals surface area contributed by atoms with Gasteiger partial charge in [-0.05, 0) is 118 Å². The highest BCUT2D eigenvalue weighted by atomic mass is 16.4. The highest BCUT2D eigenvalue weighted by Gasteiger charge is 2.46. The lowest BCUT2D eigenvalue weighted by Gasteiger charge is -2.41. The van der Waals surface area contributed by atoms with Gasteiger partial charge in [0, 0.05) is 55.8 Å². The van der Waals surface area contributed by atoms with E-state index in [4.69, 9.17) is 0 Å². The smallest absolute Gasteiger partial charge is 0.335 e. The molecule has 0 spiro atoms. The van der Waals surface area contributed by atoms with Crippen molar-refractivity contribution < 1.29 is 67.7 Å². The van der Waals surface area contributed by atoms with E-state index in [2.05, 4.69) is 21.3 Å². The molecule has 1 heterocycles. The number of amides is 11. The van der Waals surface area contributed by atoms with E-state index in [0.717, 1.165) is 9.80 Å². The summed E-state index contributed by atoms with van der Waals surface area (Å²) in [5.74, 6) is -11.9. The van der Waals surface area contributed by atoms with Crippen molar-refractivity contribution in [3.05, 3.63) is 47.5 Å². The monoisotopic (exact) mass is 1340 g/mol. The number of hydrogen-bond donors (Lipinski definition) is 6. The molecule has 11 amide bonds. The van der Waals surface area contributed by atoms with Crippen LogP contribution >= 0.6 is 0 Å². The molecule has 0 aliphatic carbocycles. The van der Waals surface area contributed by atoms with Gasteiger partial charge in [-0.25, -0.2) is 4.79 Å². The second-order valence-corrected chi connectivity index (χ2v) is 28.5. The van der Waals surface area contributed by atoms with E-state index in [1.807, 2.05) is 55.4 Å². The molecular formula is C70H117N11O14. The number of hydrogen-bond acceptors (Lipinski definition) is 13. The summed E-state index contributed by atoms with van der Waals surface area (Å²) in [6.45, 7) is 29.6. The second-order valence-electron chi connectivity index (χ2n) is 28.5. The summed E-state index contributed by atoms with van der Waals surface area (Å²) in [6, 6.07) is -8.80. The molecule has 0 radical (unpaired) electrons. The third-order valence-electron chi connectivity index (χ3n) is 18.0. The Kier molecular flexibility index (Phi) is 33.2. The third-order valence-corrected chi connectivity index (χ3v) is 18.0. The summed E-state index contributed by atoms with van der Waals surface area (Å²) < 4.78 is 0. The lowest BCUT2D eigenvalue weighted by Crippen LogP contribution is -2.64. The van der Waals surface area contributed by atoms with Gasteiger partial charge < -0.3 is 65.8 Å². The standard InChI is InChI=1S/C70H117N11O14/c1-25-27-28-44(15)58(82)57-62(86)73-49(26-2)64(88)78(21)54(37-47-29-31-48(32-30-47)70(94)95)66(90)75(18)51(34-39(5)6)61(85)74-55(42(11)12)68(92)76(19)50(33-38(3)4)60(84)71-45(16)59(83)72-46(17)63(87)77(20)52(35-40(7)8)65(89)79(22)53(36-41(9)10)67(91)80(23)56(43(13)14)69(93)81(57)24/h25,27,29-32,38-46,49-58,82H,26,28,33-37H2,1-24H3,(H,71,84)(H,72,83)(H,73,86)(H,74,85)(H,94,95)/b27-25+/t44-,45+,46-,49+,50+,51+,52+,53+,54-,55+,56+,57+,58-/m1/s1. The minimum absolute atomic E-state index is 0.0470. The van der Waals surface area contributed by atoms with E-state index in [9.17, 15) is 39.0 Å². The van der Waals surface area contributed by atoms with Gasteiger partial charge in [-0.2, -0.15) is 0 Å². The number of aliphatic hydroxyl groups excluding tert-OH is 1. The van der Waals surface area contributed by atoms with E-state index in [-0.39, 0.29) is 74.2 Å². The zero-order chi connectivity index (χ0) is 73.1. The molecule has 536 valence electrons. The zero-order valence-electron chi connectivity index (χ0n) is 61.3. The molecule has 0 bridgehead atoms. The Bertz CT molecular complexity index is 2840. The number of benzene rings is 1. The van der Waals surface area contributed by atoms with Gasteiger partial charge in [-0.15, -0.1) is 0 Å². The molecule has 25 heteroatoms. The van der Waals surface area contributed by atoms with E-state index in [0.29, 0.717) is 5.56 Å². The minimum Gasteiger partial charge on any atom is -0.478 e. The number of carbonyl (C=O) groups excluding carboxylic acids is 11. The van der Waals surface area contributed by atoms with Gasteiger partial charge in [0.1, 0.15) is 66.5 Å². The average molecular weight is 1340 g/mol. The number of nitrogens with zero attached hydrogens (tertiary/aromatic N) is 7. The quantitative estimate of drug-likeness (QED) is 0.110. The van der Waals surface area contributed by atoms with Crippen molar-refractivity contribution in [3.63, 3.8) is 0 Å². The largest absolute Gasteiger partial charge is 0.478 e. The topological polar surface area (TPSA) is 316 Å². The zero-order valence-corrected chi connectivity index (χ0v) is 61.3. The number of aromatic carboxylic acids is 1. The van der Waals surface area contributed by atoms with Crippen molar-refractivity contribution in [2.45, 2.75) is 235 Å². The van der Waals surface area contributed by atoms with Crippen molar-refractivity contribution in [1.29, 1.82) is 0 Å². The Balaban J connectivity index is 3.17.